The zero-order valence-corrected chi connectivity index (χ0v) is 8.58. The molecule has 0 saturated carbocycles. The topological polar surface area (TPSA) is 87.5 Å². The predicted octanol–water partition coefficient (Wildman–Crippen LogP) is -1.38. The summed E-state index contributed by atoms with van der Waals surface area (Å²) in [6.45, 7) is 2.42. The second-order valence-electron chi connectivity index (χ2n) is 4.28. The third kappa shape index (κ3) is 2.04. The molecule has 0 unspecified atom stereocenters. The van der Waals surface area contributed by atoms with Crippen molar-refractivity contribution in [3.05, 3.63) is 0 Å². The highest BCUT2D eigenvalue weighted by molar-refractivity contribution is 5.84. The Bertz CT molecular complexity index is 286. The molecule has 6 nitrogen and oxygen atoms in total. The van der Waals surface area contributed by atoms with Gasteiger partial charge < -0.3 is 21.3 Å². The largest absolute Gasteiger partial charge is 0.368 e. The maximum Gasteiger partial charge on any atom is 0.318 e. The summed E-state index contributed by atoms with van der Waals surface area (Å²) in [5.74, 6) is -0.462. The van der Waals surface area contributed by atoms with Gasteiger partial charge in [0.2, 0.25) is 5.91 Å². The van der Waals surface area contributed by atoms with Gasteiger partial charge in [0.15, 0.2) is 0 Å². The fourth-order valence-electron chi connectivity index (χ4n) is 2.29. The van der Waals surface area contributed by atoms with Gasteiger partial charge in [-0.25, -0.2) is 4.79 Å². The molecular weight excluding hydrogens is 196 g/mol. The average Bonchev–Trinajstić information content (AvgIpc) is 2.43. The SMILES string of the molecule is NC(=O)CN1CC2(CCNCC2)NC1=O. The van der Waals surface area contributed by atoms with E-state index >= 15 is 0 Å². The van der Waals surface area contributed by atoms with Gasteiger partial charge in [-0.3, -0.25) is 4.79 Å². The minimum absolute atomic E-state index is 0.0149. The number of nitrogens with two attached hydrogens (primary N) is 1. The number of nitrogens with one attached hydrogen (secondary N) is 2. The molecule has 0 aromatic heterocycles. The monoisotopic (exact) mass is 212 g/mol. The average molecular weight is 212 g/mol. The van der Waals surface area contributed by atoms with E-state index in [0.29, 0.717) is 6.54 Å². The zero-order valence-electron chi connectivity index (χ0n) is 8.58. The third-order valence-electron chi connectivity index (χ3n) is 3.06. The highest BCUT2D eigenvalue weighted by Crippen LogP contribution is 2.24. The summed E-state index contributed by atoms with van der Waals surface area (Å²) in [4.78, 5) is 23.8. The van der Waals surface area contributed by atoms with Crippen molar-refractivity contribution in [3.8, 4) is 0 Å². The first-order chi connectivity index (χ1) is 7.11. The number of nitrogens with zero attached hydrogens (tertiary/aromatic N) is 1. The fraction of sp³-hybridized carbons (Fsp3) is 0.778. The van der Waals surface area contributed by atoms with Gasteiger partial charge in [-0.05, 0) is 25.9 Å². The number of rotatable bonds is 2. The van der Waals surface area contributed by atoms with Gasteiger partial charge in [-0.15, -0.1) is 0 Å². The van der Waals surface area contributed by atoms with Crippen molar-refractivity contribution in [3.63, 3.8) is 0 Å². The van der Waals surface area contributed by atoms with Crippen LogP contribution in [0.4, 0.5) is 4.79 Å². The summed E-state index contributed by atoms with van der Waals surface area (Å²) >= 11 is 0. The van der Waals surface area contributed by atoms with E-state index in [0.717, 1.165) is 25.9 Å². The van der Waals surface area contributed by atoms with E-state index in [2.05, 4.69) is 10.6 Å². The Balaban J connectivity index is 2.01. The van der Waals surface area contributed by atoms with E-state index in [1.165, 1.54) is 4.90 Å². The van der Waals surface area contributed by atoms with E-state index in [9.17, 15) is 9.59 Å². The van der Waals surface area contributed by atoms with Crippen molar-refractivity contribution < 1.29 is 9.59 Å². The maximum absolute atomic E-state index is 11.6. The Kier molecular flexibility index (Phi) is 2.52. The number of piperidine rings is 1. The van der Waals surface area contributed by atoms with Crippen LogP contribution in [-0.2, 0) is 4.79 Å². The van der Waals surface area contributed by atoms with Crippen LogP contribution in [0, 0.1) is 0 Å². The molecule has 0 radical (unpaired) electrons. The molecule has 84 valence electrons. The molecule has 4 N–H and O–H groups in total. The summed E-state index contributed by atoms with van der Waals surface area (Å²) in [6, 6.07) is -0.171. The van der Waals surface area contributed by atoms with Crippen LogP contribution in [0.15, 0.2) is 0 Å². The van der Waals surface area contributed by atoms with Gasteiger partial charge in [0.1, 0.15) is 6.54 Å². The quantitative estimate of drug-likeness (QED) is 0.527. The molecule has 2 aliphatic heterocycles. The summed E-state index contributed by atoms with van der Waals surface area (Å²) in [5.41, 5.74) is 4.94. The number of hydrogen-bond acceptors (Lipinski definition) is 3. The number of urea groups is 1. The normalized spacial score (nSPS) is 24.3. The molecule has 15 heavy (non-hydrogen) atoms. The van der Waals surface area contributed by atoms with E-state index in [1.54, 1.807) is 0 Å². The van der Waals surface area contributed by atoms with Crippen LogP contribution in [-0.4, -0.2) is 48.6 Å². The molecule has 0 aliphatic carbocycles. The number of carbonyl (C=O) groups excluding carboxylic acids is 2. The number of primary amides is 1. The van der Waals surface area contributed by atoms with Crippen LogP contribution in [0.5, 0.6) is 0 Å². The predicted molar refractivity (Wildman–Crippen MR) is 54.1 cm³/mol. The third-order valence-corrected chi connectivity index (χ3v) is 3.06. The molecule has 0 bridgehead atoms. The molecule has 3 amide bonds. The minimum atomic E-state index is -0.462. The van der Waals surface area contributed by atoms with E-state index in [4.69, 9.17) is 5.73 Å². The van der Waals surface area contributed by atoms with Gasteiger partial charge in [0.25, 0.3) is 0 Å². The standard InChI is InChI=1S/C9H16N4O2/c10-7(14)5-13-6-9(12-8(13)15)1-3-11-4-2-9/h11H,1-6H2,(H2,10,14)(H,12,15). The molecule has 2 fully saturated rings. The van der Waals surface area contributed by atoms with Crippen LogP contribution >= 0.6 is 0 Å². The fourth-order valence-corrected chi connectivity index (χ4v) is 2.29. The zero-order chi connectivity index (χ0) is 10.9. The molecular formula is C9H16N4O2. The van der Waals surface area contributed by atoms with Gasteiger partial charge in [0, 0.05) is 6.54 Å². The van der Waals surface area contributed by atoms with Crippen molar-refractivity contribution in [2.75, 3.05) is 26.2 Å². The maximum atomic E-state index is 11.6. The first-order valence-electron chi connectivity index (χ1n) is 5.17. The lowest BCUT2D eigenvalue weighted by Crippen LogP contribution is -2.51. The van der Waals surface area contributed by atoms with E-state index in [1.807, 2.05) is 0 Å². The van der Waals surface area contributed by atoms with Crippen molar-refractivity contribution in [1.82, 2.24) is 15.5 Å². The first kappa shape index (κ1) is 10.2. The van der Waals surface area contributed by atoms with Crippen molar-refractivity contribution in [2.24, 2.45) is 5.73 Å². The number of hydrogen-bond donors (Lipinski definition) is 3. The number of carbonyl (C=O) groups is 2. The summed E-state index contributed by atoms with van der Waals surface area (Å²) in [6.07, 6.45) is 1.82. The van der Waals surface area contributed by atoms with E-state index < -0.39 is 5.91 Å². The molecule has 2 rings (SSSR count). The minimum Gasteiger partial charge on any atom is -0.368 e. The molecule has 0 aromatic carbocycles. The first-order valence-corrected chi connectivity index (χ1v) is 5.17. The van der Waals surface area contributed by atoms with Gasteiger partial charge >= 0.3 is 6.03 Å². The summed E-state index contributed by atoms with van der Waals surface area (Å²) in [7, 11) is 0. The van der Waals surface area contributed by atoms with Crippen LogP contribution in [0.1, 0.15) is 12.8 Å². The Hall–Kier alpha value is -1.30. The Labute approximate surface area is 88.2 Å². The van der Waals surface area contributed by atoms with Crippen molar-refractivity contribution in [2.45, 2.75) is 18.4 Å². The lowest BCUT2D eigenvalue weighted by Gasteiger charge is -2.32. The lowest BCUT2D eigenvalue weighted by atomic mass is 9.89. The van der Waals surface area contributed by atoms with Crippen molar-refractivity contribution >= 4 is 11.9 Å². The Morgan fingerprint density at radius 3 is 2.73 bits per heavy atom. The highest BCUT2D eigenvalue weighted by Gasteiger charge is 2.43. The smallest absolute Gasteiger partial charge is 0.318 e. The summed E-state index contributed by atoms with van der Waals surface area (Å²) < 4.78 is 0. The summed E-state index contributed by atoms with van der Waals surface area (Å²) in [5, 5.41) is 6.21. The van der Waals surface area contributed by atoms with Crippen LogP contribution in [0.25, 0.3) is 0 Å². The van der Waals surface area contributed by atoms with Gasteiger partial charge in [0.05, 0.1) is 5.54 Å². The molecule has 2 heterocycles. The molecule has 2 saturated heterocycles. The van der Waals surface area contributed by atoms with Gasteiger partial charge in [-0.2, -0.15) is 0 Å². The highest BCUT2D eigenvalue weighted by atomic mass is 16.2. The molecule has 0 aromatic rings. The van der Waals surface area contributed by atoms with Gasteiger partial charge in [-0.1, -0.05) is 0 Å². The molecule has 6 heteroatoms. The Morgan fingerprint density at radius 2 is 2.13 bits per heavy atom. The number of amides is 3. The Morgan fingerprint density at radius 1 is 1.47 bits per heavy atom. The molecule has 1 spiro atoms. The second kappa shape index (κ2) is 3.69. The van der Waals surface area contributed by atoms with Crippen LogP contribution in [0.2, 0.25) is 0 Å². The second-order valence-corrected chi connectivity index (χ2v) is 4.28. The van der Waals surface area contributed by atoms with Crippen LogP contribution < -0.4 is 16.4 Å². The molecule has 2 aliphatic rings. The molecule has 0 atom stereocenters. The van der Waals surface area contributed by atoms with Crippen molar-refractivity contribution in [1.29, 1.82) is 0 Å². The van der Waals surface area contributed by atoms with E-state index in [-0.39, 0.29) is 18.1 Å². The van der Waals surface area contributed by atoms with Crippen LogP contribution in [0.3, 0.4) is 0 Å². The lowest BCUT2D eigenvalue weighted by molar-refractivity contribution is -0.118.